The summed E-state index contributed by atoms with van der Waals surface area (Å²) in [5.74, 6) is 0. The Morgan fingerprint density at radius 1 is 1.33 bits per heavy atom. The highest BCUT2D eigenvalue weighted by Gasteiger charge is 2.20. The number of nitrogens with one attached hydrogen (secondary N) is 1. The highest BCUT2D eigenvalue weighted by Crippen LogP contribution is 2.29. The number of quaternary nitrogens is 1. The number of nitrogens with zero attached hydrogens (tertiary/aromatic N) is 2. The van der Waals surface area contributed by atoms with Gasteiger partial charge in [0.05, 0.1) is 37.0 Å². The lowest BCUT2D eigenvalue weighted by atomic mass is 10.1. The van der Waals surface area contributed by atoms with Crippen LogP contribution in [-0.4, -0.2) is 35.5 Å². The Kier molecular flexibility index (Phi) is 4.33. The van der Waals surface area contributed by atoms with Gasteiger partial charge >= 0.3 is 0 Å². The molecule has 0 unspecified atom stereocenters. The van der Waals surface area contributed by atoms with Crippen molar-refractivity contribution in [2.45, 2.75) is 6.54 Å². The minimum atomic E-state index is -0.324. The summed E-state index contributed by atoms with van der Waals surface area (Å²) in [4.78, 5) is 13.8. The van der Waals surface area contributed by atoms with Crippen LogP contribution in [0.1, 0.15) is 5.56 Å². The lowest BCUT2D eigenvalue weighted by Crippen LogP contribution is -3.00. The third kappa shape index (κ3) is 2.99. The SMILES string of the molecule is C[N+](C)(C)Cc1c[nH]c2cccc([N+](=O)[O-])c12.[I-]. The van der Waals surface area contributed by atoms with E-state index in [0.29, 0.717) is 0 Å². The number of aromatic amines is 1. The molecular weight excluding hydrogens is 345 g/mol. The van der Waals surface area contributed by atoms with E-state index in [0.717, 1.165) is 27.5 Å². The maximum absolute atomic E-state index is 11.0. The molecule has 1 aromatic carbocycles. The summed E-state index contributed by atoms with van der Waals surface area (Å²) in [6.45, 7) is 0.755. The molecule has 1 N–H and O–H groups in total. The Balaban J connectivity index is 0.00000162. The van der Waals surface area contributed by atoms with Crippen molar-refractivity contribution in [1.82, 2.24) is 4.98 Å². The molecule has 0 bridgehead atoms. The molecule has 0 spiro atoms. The maximum atomic E-state index is 11.0. The van der Waals surface area contributed by atoms with Gasteiger partial charge < -0.3 is 33.4 Å². The second-order valence-corrected chi connectivity index (χ2v) is 5.22. The summed E-state index contributed by atoms with van der Waals surface area (Å²) in [5, 5.41) is 11.7. The van der Waals surface area contributed by atoms with Crippen LogP contribution < -0.4 is 24.0 Å². The van der Waals surface area contributed by atoms with Crippen molar-refractivity contribution in [3.63, 3.8) is 0 Å². The molecule has 1 aromatic heterocycles. The average Bonchev–Trinajstić information content (AvgIpc) is 2.59. The molecule has 0 saturated carbocycles. The van der Waals surface area contributed by atoms with Crippen molar-refractivity contribution in [3.8, 4) is 0 Å². The summed E-state index contributed by atoms with van der Waals surface area (Å²) >= 11 is 0. The average molecular weight is 361 g/mol. The predicted octanol–water partition coefficient (Wildman–Crippen LogP) is -0.714. The van der Waals surface area contributed by atoms with Gasteiger partial charge in [-0.15, -0.1) is 0 Å². The van der Waals surface area contributed by atoms with Gasteiger partial charge in [0.2, 0.25) is 0 Å². The number of nitro benzene ring substituents is 1. The molecule has 2 rings (SSSR count). The van der Waals surface area contributed by atoms with E-state index < -0.39 is 0 Å². The number of H-pyrrole nitrogens is 1. The van der Waals surface area contributed by atoms with E-state index in [9.17, 15) is 10.1 Å². The zero-order chi connectivity index (χ0) is 12.6. The Morgan fingerprint density at radius 3 is 2.56 bits per heavy atom. The molecule has 1 heterocycles. The zero-order valence-electron chi connectivity index (χ0n) is 10.6. The molecule has 6 heteroatoms. The standard InChI is InChI=1S/C12H16N3O2.HI/c1-15(2,3)8-9-7-13-10-5-4-6-11(12(9)10)14(16)17;/h4-7,13H,8H2,1-3H3;1H/q+1;/p-1. The molecular formula is C12H16IN3O2. The van der Waals surface area contributed by atoms with Gasteiger partial charge in [-0.25, -0.2) is 0 Å². The minimum Gasteiger partial charge on any atom is -1.00 e. The van der Waals surface area contributed by atoms with E-state index in [4.69, 9.17) is 0 Å². The monoisotopic (exact) mass is 361 g/mol. The molecule has 0 radical (unpaired) electrons. The van der Waals surface area contributed by atoms with Crippen molar-refractivity contribution in [1.29, 1.82) is 0 Å². The fourth-order valence-corrected chi connectivity index (χ4v) is 2.02. The number of rotatable bonds is 3. The Morgan fingerprint density at radius 2 is 2.00 bits per heavy atom. The topological polar surface area (TPSA) is 58.9 Å². The second kappa shape index (κ2) is 5.23. The molecule has 0 saturated heterocycles. The fraction of sp³-hybridized carbons (Fsp3) is 0.333. The van der Waals surface area contributed by atoms with Gasteiger partial charge in [-0.1, -0.05) is 6.07 Å². The summed E-state index contributed by atoms with van der Waals surface area (Å²) in [7, 11) is 6.19. The van der Waals surface area contributed by atoms with Crippen LogP contribution in [0.3, 0.4) is 0 Å². The number of non-ortho nitro benzene ring substituents is 1. The predicted molar refractivity (Wildman–Crippen MR) is 66.7 cm³/mol. The molecule has 0 aliphatic carbocycles. The van der Waals surface area contributed by atoms with Crippen LogP contribution in [-0.2, 0) is 6.54 Å². The van der Waals surface area contributed by atoms with E-state index in [1.165, 1.54) is 0 Å². The van der Waals surface area contributed by atoms with Gasteiger partial charge in [0.15, 0.2) is 0 Å². The molecule has 0 amide bonds. The Labute approximate surface area is 123 Å². The molecule has 0 atom stereocenters. The van der Waals surface area contributed by atoms with Crippen LogP contribution in [0.15, 0.2) is 24.4 Å². The number of hydrogen-bond donors (Lipinski definition) is 1. The van der Waals surface area contributed by atoms with Crippen molar-refractivity contribution in [2.75, 3.05) is 21.1 Å². The van der Waals surface area contributed by atoms with Crippen LogP contribution >= 0.6 is 0 Å². The first kappa shape index (κ1) is 14.9. The maximum Gasteiger partial charge on any atom is 0.279 e. The van der Waals surface area contributed by atoms with Gasteiger partial charge in [-0.3, -0.25) is 10.1 Å². The summed E-state index contributed by atoms with van der Waals surface area (Å²) in [6.07, 6.45) is 1.86. The Bertz CT molecular complexity index is 572. The van der Waals surface area contributed by atoms with Crippen LogP contribution in [0.2, 0.25) is 0 Å². The highest BCUT2D eigenvalue weighted by molar-refractivity contribution is 5.91. The van der Waals surface area contributed by atoms with Crippen molar-refractivity contribution in [3.05, 3.63) is 40.1 Å². The van der Waals surface area contributed by atoms with Gasteiger partial charge in [0, 0.05) is 17.8 Å². The largest absolute Gasteiger partial charge is 1.00 e. The van der Waals surface area contributed by atoms with Gasteiger partial charge in [-0.05, 0) is 6.07 Å². The van der Waals surface area contributed by atoms with E-state index in [1.54, 1.807) is 12.1 Å². The third-order valence-electron chi connectivity index (χ3n) is 2.61. The third-order valence-corrected chi connectivity index (χ3v) is 2.61. The first-order valence-corrected chi connectivity index (χ1v) is 5.42. The molecule has 2 aromatic rings. The van der Waals surface area contributed by atoms with E-state index >= 15 is 0 Å². The summed E-state index contributed by atoms with van der Waals surface area (Å²) < 4.78 is 0.735. The van der Waals surface area contributed by atoms with Crippen molar-refractivity contribution >= 4 is 16.6 Å². The lowest BCUT2D eigenvalue weighted by Gasteiger charge is -2.23. The van der Waals surface area contributed by atoms with E-state index in [2.05, 4.69) is 26.1 Å². The number of fused-ring (bicyclic) bond motifs is 1. The first-order chi connectivity index (χ1) is 7.88. The van der Waals surface area contributed by atoms with E-state index in [1.807, 2.05) is 12.3 Å². The van der Waals surface area contributed by atoms with E-state index in [-0.39, 0.29) is 34.6 Å². The first-order valence-electron chi connectivity index (χ1n) is 5.42. The lowest BCUT2D eigenvalue weighted by molar-refractivity contribution is -0.883. The van der Waals surface area contributed by atoms with Crippen LogP contribution in [0, 0.1) is 10.1 Å². The molecule has 0 fully saturated rings. The fourth-order valence-electron chi connectivity index (χ4n) is 2.02. The van der Waals surface area contributed by atoms with Crippen LogP contribution in [0.5, 0.6) is 0 Å². The quantitative estimate of drug-likeness (QED) is 0.340. The number of aromatic nitrogens is 1. The molecule has 0 aliphatic rings. The smallest absolute Gasteiger partial charge is 0.279 e. The summed E-state index contributed by atoms with van der Waals surface area (Å²) in [5.41, 5.74) is 1.98. The van der Waals surface area contributed by atoms with Gasteiger partial charge in [0.25, 0.3) is 5.69 Å². The number of halogens is 1. The highest BCUT2D eigenvalue weighted by atomic mass is 127. The number of nitro groups is 1. The zero-order valence-corrected chi connectivity index (χ0v) is 12.8. The molecule has 0 aliphatic heterocycles. The summed E-state index contributed by atoms with van der Waals surface area (Å²) in [6, 6.07) is 5.11. The van der Waals surface area contributed by atoms with Gasteiger partial charge in [0.1, 0.15) is 6.54 Å². The molecule has 98 valence electrons. The second-order valence-electron chi connectivity index (χ2n) is 5.22. The van der Waals surface area contributed by atoms with Crippen LogP contribution in [0.4, 0.5) is 5.69 Å². The molecule has 5 nitrogen and oxygen atoms in total. The molecule has 18 heavy (non-hydrogen) atoms. The Hall–Kier alpha value is -1.15. The van der Waals surface area contributed by atoms with Crippen molar-refractivity contribution < 1.29 is 33.4 Å². The normalized spacial score (nSPS) is 11.3. The number of hydrogen-bond acceptors (Lipinski definition) is 2. The van der Waals surface area contributed by atoms with Crippen LogP contribution in [0.25, 0.3) is 10.9 Å². The van der Waals surface area contributed by atoms with Gasteiger partial charge in [-0.2, -0.15) is 0 Å². The minimum absolute atomic E-state index is 0. The number of benzene rings is 1. The van der Waals surface area contributed by atoms with Crippen molar-refractivity contribution in [2.24, 2.45) is 0 Å².